The molecule has 0 saturated heterocycles. The largest absolute Gasteiger partial charge is 0.469 e. The van der Waals surface area contributed by atoms with Gasteiger partial charge in [0.1, 0.15) is 0 Å². The number of guanidine groups is 1. The Bertz CT molecular complexity index is 515. The number of rotatable bonds is 11. The van der Waals surface area contributed by atoms with Crippen LogP contribution in [0.4, 0.5) is 0 Å². The van der Waals surface area contributed by atoms with Crippen molar-refractivity contribution in [2.45, 2.75) is 49.2 Å². The monoisotopic (exact) mass is 493 g/mol. The van der Waals surface area contributed by atoms with Crippen molar-refractivity contribution in [2.24, 2.45) is 4.99 Å². The summed E-state index contributed by atoms with van der Waals surface area (Å²) in [7, 11) is 3.23. The Kier molecular flexibility index (Phi) is 15.6. The molecule has 0 aliphatic heterocycles. The number of thioether (sulfide) groups is 1. The van der Waals surface area contributed by atoms with Gasteiger partial charge in [-0.2, -0.15) is 0 Å². The molecule has 1 unspecified atom stereocenters. The molecule has 0 spiro atoms. The molecule has 0 radical (unpaired) electrons. The summed E-state index contributed by atoms with van der Waals surface area (Å²) in [6.45, 7) is 3.95. The van der Waals surface area contributed by atoms with Crippen molar-refractivity contribution in [1.82, 2.24) is 10.6 Å². The van der Waals surface area contributed by atoms with Crippen molar-refractivity contribution in [3.63, 3.8) is 0 Å². The number of benzene rings is 1. The minimum Gasteiger partial charge on any atom is -0.469 e. The van der Waals surface area contributed by atoms with Crippen molar-refractivity contribution in [1.29, 1.82) is 0 Å². The molecule has 0 aromatic heterocycles. The molecule has 2 N–H and O–H groups in total. The summed E-state index contributed by atoms with van der Waals surface area (Å²) in [6, 6.07) is 10.4. The third-order valence-corrected chi connectivity index (χ3v) is 4.80. The second kappa shape index (κ2) is 16.2. The van der Waals surface area contributed by atoms with Gasteiger partial charge in [-0.1, -0.05) is 38.0 Å². The highest BCUT2D eigenvalue weighted by molar-refractivity contribution is 14.0. The number of halogens is 1. The van der Waals surface area contributed by atoms with Crippen LogP contribution in [0, 0.1) is 0 Å². The Morgan fingerprint density at radius 1 is 1.15 bits per heavy atom. The lowest BCUT2D eigenvalue weighted by Gasteiger charge is -2.16. The maximum Gasteiger partial charge on any atom is 0.305 e. The van der Waals surface area contributed by atoms with E-state index < -0.39 is 0 Å². The van der Waals surface area contributed by atoms with E-state index in [0.29, 0.717) is 11.7 Å². The Balaban J connectivity index is 0.00000625. The second-order valence-corrected chi connectivity index (χ2v) is 7.37. The fraction of sp³-hybridized carbons (Fsp3) is 0.579. The van der Waals surface area contributed by atoms with Gasteiger partial charge < -0.3 is 15.4 Å². The van der Waals surface area contributed by atoms with Crippen molar-refractivity contribution < 1.29 is 9.53 Å². The maximum atomic E-state index is 11.0. The highest BCUT2D eigenvalue weighted by Gasteiger charge is 2.05. The third-order valence-electron chi connectivity index (χ3n) is 3.69. The van der Waals surface area contributed by atoms with Gasteiger partial charge in [0.05, 0.1) is 7.11 Å². The van der Waals surface area contributed by atoms with E-state index in [1.54, 1.807) is 7.05 Å². The smallest absolute Gasteiger partial charge is 0.305 e. The number of hydrogen-bond acceptors (Lipinski definition) is 4. The van der Waals surface area contributed by atoms with E-state index in [2.05, 4.69) is 51.6 Å². The number of nitrogens with zero attached hydrogens (tertiary/aromatic N) is 1. The van der Waals surface area contributed by atoms with Crippen LogP contribution >= 0.6 is 35.7 Å². The van der Waals surface area contributed by atoms with Crippen molar-refractivity contribution in [3.05, 3.63) is 30.3 Å². The topological polar surface area (TPSA) is 62.7 Å². The second-order valence-electron chi connectivity index (χ2n) is 5.86. The zero-order chi connectivity index (χ0) is 18.3. The van der Waals surface area contributed by atoms with Crippen LogP contribution < -0.4 is 10.6 Å². The maximum absolute atomic E-state index is 11.0. The molecule has 0 fully saturated rings. The van der Waals surface area contributed by atoms with E-state index in [0.717, 1.165) is 44.7 Å². The summed E-state index contributed by atoms with van der Waals surface area (Å²) in [5.41, 5.74) is 0. The molecule has 0 heterocycles. The molecule has 0 aliphatic rings. The number of unbranched alkanes of at least 4 members (excludes halogenated alkanes) is 3. The lowest BCUT2D eigenvalue weighted by Crippen LogP contribution is -2.40. The predicted octanol–water partition coefficient (Wildman–Crippen LogP) is 4.07. The number of carbonyl (C=O) groups excluding carboxylic acids is 1. The number of aliphatic imine (C=N–C) groups is 1. The summed E-state index contributed by atoms with van der Waals surface area (Å²) in [4.78, 5) is 16.6. The molecule has 0 amide bonds. The van der Waals surface area contributed by atoms with Gasteiger partial charge in [0.15, 0.2) is 5.96 Å². The molecule has 0 bridgehead atoms. The molecule has 7 heteroatoms. The van der Waals surface area contributed by atoms with Gasteiger partial charge >= 0.3 is 5.97 Å². The van der Waals surface area contributed by atoms with Gasteiger partial charge in [-0.15, -0.1) is 35.7 Å². The van der Waals surface area contributed by atoms with Crippen LogP contribution in [0.3, 0.4) is 0 Å². The van der Waals surface area contributed by atoms with Crippen LogP contribution in [-0.2, 0) is 9.53 Å². The van der Waals surface area contributed by atoms with Crippen LogP contribution in [-0.4, -0.2) is 44.4 Å². The van der Waals surface area contributed by atoms with E-state index >= 15 is 0 Å². The Morgan fingerprint density at radius 2 is 1.85 bits per heavy atom. The summed E-state index contributed by atoms with van der Waals surface area (Å²) in [6.07, 6.45) is 4.63. The number of hydrogen-bond donors (Lipinski definition) is 2. The average Bonchev–Trinajstić information content (AvgIpc) is 2.63. The van der Waals surface area contributed by atoms with Gasteiger partial charge in [0.25, 0.3) is 0 Å². The molecule has 0 aliphatic carbocycles. The zero-order valence-corrected chi connectivity index (χ0v) is 19.1. The van der Waals surface area contributed by atoms with E-state index in [1.165, 1.54) is 12.0 Å². The van der Waals surface area contributed by atoms with Gasteiger partial charge in [-0.3, -0.25) is 9.79 Å². The first-order valence-electron chi connectivity index (χ1n) is 8.88. The predicted molar refractivity (Wildman–Crippen MR) is 122 cm³/mol. The van der Waals surface area contributed by atoms with Crippen LogP contribution in [0.25, 0.3) is 0 Å². The summed E-state index contributed by atoms with van der Waals surface area (Å²) < 4.78 is 4.63. The molecule has 26 heavy (non-hydrogen) atoms. The lowest BCUT2D eigenvalue weighted by molar-refractivity contribution is -0.140. The molecule has 1 aromatic rings. The van der Waals surface area contributed by atoms with Crippen molar-refractivity contribution in [3.8, 4) is 0 Å². The highest BCUT2D eigenvalue weighted by Crippen LogP contribution is 2.21. The minimum atomic E-state index is -0.120. The standard InChI is InChI=1S/C19H31N3O2S.HI/c1-16(25-17-11-7-6-8-12-17)15-22-19(20-2)21-14-10-5-4-9-13-18(23)24-3;/h6-8,11-12,16H,4-5,9-10,13-15H2,1-3H3,(H2,20,21,22);1H. The van der Waals surface area contributed by atoms with Crippen molar-refractivity contribution in [2.75, 3.05) is 27.2 Å². The fourth-order valence-corrected chi connectivity index (χ4v) is 3.24. The normalized spacial score (nSPS) is 12.0. The molecule has 1 atom stereocenters. The summed E-state index contributed by atoms with van der Waals surface area (Å²) in [5.74, 6) is 0.722. The van der Waals surface area contributed by atoms with Crippen LogP contribution in [0.1, 0.15) is 39.0 Å². The van der Waals surface area contributed by atoms with Gasteiger partial charge in [-0.25, -0.2) is 0 Å². The van der Waals surface area contributed by atoms with E-state index in [4.69, 9.17) is 0 Å². The average molecular weight is 493 g/mol. The van der Waals surface area contributed by atoms with Gasteiger partial charge in [0.2, 0.25) is 0 Å². The number of esters is 1. The molecule has 0 saturated carbocycles. The zero-order valence-electron chi connectivity index (χ0n) is 16.0. The lowest BCUT2D eigenvalue weighted by atomic mass is 10.1. The first-order chi connectivity index (χ1) is 12.2. The molecular weight excluding hydrogens is 461 g/mol. The SMILES string of the molecule is CN=C(NCCCCCCC(=O)OC)NCC(C)Sc1ccccc1.I. The molecule has 148 valence electrons. The van der Waals surface area contributed by atoms with Gasteiger partial charge in [-0.05, 0) is 25.0 Å². The number of methoxy groups -OCH3 is 1. The van der Waals surface area contributed by atoms with Crippen LogP contribution in [0.5, 0.6) is 0 Å². The minimum absolute atomic E-state index is 0. The molecule has 5 nitrogen and oxygen atoms in total. The summed E-state index contributed by atoms with van der Waals surface area (Å²) in [5, 5.41) is 7.17. The third kappa shape index (κ3) is 12.4. The number of ether oxygens (including phenoxy) is 1. The highest BCUT2D eigenvalue weighted by atomic mass is 127. The Labute approximate surface area is 179 Å². The molecule has 1 aromatic carbocycles. The number of carbonyl (C=O) groups is 1. The van der Waals surface area contributed by atoms with Gasteiger partial charge in [0, 0.05) is 36.7 Å². The van der Waals surface area contributed by atoms with Crippen LogP contribution in [0.2, 0.25) is 0 Å². The molecule has 1 rings (SSSR count). The number of nitrogens with one attached hydrogen (secondary N) is 2. The molecular formula is C19H32IN3O2S. The van der Waals surface area contributed by atoms with Crippen molar-refractivity contribution >= 4 is 47.7 Å². The fourth-order valence-electron chi connectivity index (χ4n) is 2.29. The van der Waals surface area contributed by atoms with E-state index in [-0.39, 0.29) is 29.9 Å². The first-order valence-corrected chi connectivity index (χ1v) is 9.76. The Morgan fingerprint density at radius 3 is 2.50 bits per heavy atom. The Hall–Kier alpha value is -0.960. The van der Waals surface area contributed by atoms with Crippen LogP contribution in [0.15, 0.2) is 40.2 Å². The quantitative estimate of drug-likeness (QED) is 0.122. The first kappa shape index (κ1) is 25.0. The summed E-state index contributed by atoms with van der Waals surface area (Å²) >= 11 is 1.85. The van der Waals surface area contributed by atoms with E-state index in [1.807, 2.05) is 17.8 Å². The van der Waals surface area contributed by atoms with E-state index in [9.17, 15) is 4.79 Å².